The molecule has 2 aromatic rings. The van der Waals surface area contributed by atoms with Gasteiger partial charge in [-0.05, 0) is 5.57 Å². The van der Waals surface area contributed by atoms with Crippen molar-refractivity contribution in [1.29, 1.82) is 0 Å². The molecule has 2 aromatic heterocycles. The lowest BCUT2D eigenvalue weighted by Gasteiger charge is -2.49. The van der Waals surface area contributed by atoms with Crippen LogP contribution in [0.3, 0.4) is 0 Å². The number of nitrogen functional groups attached to an aromatic ring is 1. The zero-order chi connectivity index (χ0) is 24.4. The molecule has 4 N–H and O–H groups in total. The van der Waals surface area contributed by atoms with Crippen molar-refractivity contribution in [2.24, 2.45) is 12.2 Å². The van der Waals surface area contributed by atoms with Crippen molar-refractivity contribution in [2.75, 3.05) is 17.5 Å². The minimum absolute atomic E-state index is 0.0479. The van der Waals surface area contributed by atoms with Gasteiger partial charge in [0.1, 0.15) is 23.7 Å². The molecule has 1 saturated heterocycles. The number of thioether (sulfide) groups is 1. The third-order valence-electron chi connectivity index (χ3n) is 5.06. The topological polar surface area (TPSA) is 169 Å². The fraction of sp³-hybridized carbons (Fsp3) is 0.316. The van der Waals surface area contributed by atoms with E-state index in [1.807, 2.05) is 34.9 Å². The highest BCUT2D eigenvalue weighted by atomic mass is 32.2. The van der Waals surface area contributed by atoms with E-state index in [1.165, 1.54) is 22.2 Å². The first-order chi connectivity index (χ1) is 16.3. The van der Waals surface area contributed by atoms with Gasteiger partial charge in [0.05, 0.1) is 6.20 Å². The van der Waals surface area contributed by atoms with E-state index >= 15 is 0 Å². The normalized spacial score (nSPS) is 20.4. The number of amides is 2. The minimum atomic E-state index is -1.21. The minimum Gasteiger partial charge on any atom is -0.477 e. The highest BCUT2D eigenvalue weighted by molar-refractivity contribution is 8.00. The van der Waals surface area contributed by atoms with Gasteiger partial charge in [-0.1, -0.05) is 11.1 Å². The standard InChI is InChI=1S/C19H18N8O5S2/c1-3-7-32-23-12(15-21-10-34(20)24-15)16(28)22-13-17(29)27-14(19(30)31)11(9-33-18(13)27)8-26-6-4-5-25(26)2/h1,4-6,10,13,18,20H,7-9H2,2H3,(H-,22,28,30,31)/p+2/t13?,18-,34?/m1/s1. The molecule has 2 aliphatic heterocycles. The molecule has 3 atom stereocenters. The van der Waals surface area contributed by atoms with Gasteiger partial charge >= 0.3 is 5.97 Å². The number of oxime groups is 1. The molecular weight excluding hydrogens is 484 g/mol. The molecule has 0 bridgehead atoms. The largest absolute Gasteiger partial charge is 0.477 e. The van der Waals surface area contributed by atoms with Crippen molar-refractivity contribution in [2.45, 2.75) is 18.0 Å². The fourth-order valence-electron chi connectivity index (χ4n) is 3.50. The van der Waals surface area contributed by atoms with Crippen molar-refractivity contribution >= 4 is 46.1 Å². The molecule has 0 saturated carbocycles. The molecule has 176 valence electrons. The Morgan fingerprint density at radius 2 is 2.35 bits per heavy atom. The number of carboxylic acids is 1. The van der Waals surface area contributed by atoms with Gasteiger partial charge in [0.2, 0.25) is 22.4 Å². The van der Waals surface area contributed by atoms with E-state index in [4.69, 9.17) is 16.4 Å². The molecule has 0 radical (unpaired) electrons. The number of carboxylic acid groups (broad SMARTS) is 1. The molecule has 2 unspecified atom stereocenters. The van der Waals surface area contributed by atoms with E-state index in [9.17, 15) is 19.5 Å². The molecule has 0 aromatic carbocycles. The third-order valence-corrected chi connectivity index (χ3v) is 7.10. The van der Waals surface area contributed by atoms with Crippen LogP contribution in [0.15, 0.2) is 40.4 Å². The number of β-lactam (4-membered cyclic amide) rings is 1. The lowest BCUT2D eigenvalue weighted by atomic mass is 10.0. The Morgan fingerprint density at radius 1 is 1.56 bits per heavy atom. The van der Waals surface area contributed by atoms with E-state index in [0.29, 0.717) is 17.9 Å². The number of hydrogen-bond acceptors (Lipinski definition) is 9. The molecule has 2 amide bonds. The Hall–Kier alpha value is -3.74. The van der Waals surface area contributed by atoms with Gasteiger partial charge < -0.3 is 15.3 Å². The van der Waals surface area contributed by atoms with Crippen molar-refractivity contribution < 1.29 is 29.0 Å². The molecule has 34 heavy (non-hydrogen) atoms. The first-order valence-corrected chi connectivity index (χ1v) is 12.1. The van der Waals surface area contributed by atoms with Crippen LogP contribution < -0.4 is 15.1 Å². The maximum Gasteiger partial charge on any atom is 0.352 e. The quantitative estimate of drug-likeness (QED) is 0.0726. The molecular formula is C19H20N8O5S2+2. The lowest BCUT2D eigenvalue weighted by molar-refractivity contribution is -0.752. The second kappa shape index (κ2) is 9.63. The van der Waals surface area contributed by atoms with E-state index in [0.717, 1.165) is 0 Å². The average Bonchev–Trinajstić information content (AvgIpc) is 3.42. The number of carbonyl (C=O) groups is 3. The van der Waals surface area contributed by atoms with Gasteiger partial charge in [-0.25, -0.2) is 4.79 Å². The summed E-state index contributed by atoms with van der Waals surface area (Å²) >= 11 is 1.36. The Labute approximate surface area is 200 Å². The Balaban J connectivity index is 1.53. The van der Waals surface area contributed by atoms with Gasteiger partial charge in [-0.3, -0.25) is 14.5 Å². The van der Waals surface area contributed by atoms with Crippen molar-refractivity contribution in [3.8, 4) is 12.3 Å². The van der Waals surface area contributed by atoms with Crippen LogP contribution in [-0.4, -0.2) is 71.3 Å². The number of terminal acetylenes is 1. The number of aryl methyl sites for hydroxylation is 1. The van der Waals surface area contributed by atoms with Crippen LogP contribution in [0.5, 0.6) is 0 Å². The first-order valence-electron chi connectivity index (χ1n) is 9.78. The summed E-state index contributed by atoms with van der Waals surface area (Å²) in [5, 5.41) is 21.2. The first kappa shape index (κ1) is 23.4. The Bertz CT molecular complexity index is 1260. The van der Waals surface area contributed by atoms with Crippen LogP contribution in [0, 0.1) is 12.3 Å². The number of aromatic nitrogens is 4. The number of carbonyl (C=O) groups excluding carboxylic acids is 2. The second-order valence-electron chi connectivity index (χ2n) is 7.19. The number of rotatable bonds is 8. The highest BCUT2D eigenvalue weighted by Gasteiger charge is 2.54. The zero-order valence-corrected chi connectivity index (χ0v) is 19.5. The van der Waals surface area contributed by atoms with Gasteiger partial charge in [0.15, 0.2) is 19.9 Å². The summed E-state index contributed by atoms with van der Waals surface area (Å²) in [7, 11) is 0.826. The summed E-state index contributed by atoms with van der Waals surface area (Å²) in [5.74, 6) is 0.0263. The SMILES string of the molecule is C#CCON=C(C(=O)NC1C(=O)N2C(C(=O)O)=C(Cn3ccc[n+]3C)CS[C@H]12)c1nc[s+](N)n1. The number of nitrogens with two attached hydrogens (primary N) is 1. The highest BCUT2D eigenvalue weighted by Crippen LogP contribution is 2.40. The maximum atomic E-state index is 12.9. The van der Waals surface area contributed by atoms with E-state index in [2.05, 4.69) is 25.8 Å². The Morgan fingerprint density at radius 3 is 2.97 bits per heavy atom. The van der Waals surface area contributed by atoms with Gasteiger partial charge in [0, 0.05) is 16.2 Å². The van der Waals surface area contributed by atoms with Crippen LogP contribution in [0.4, 0.5) is 0 Å². The molecule has 0 spiro atoms. The predicted molar refractivity (Wildman–Crippen MR) is 121 cm³/mol. The fourth-order valence-corrected chi connectivity index (χ4v) is 5.42. The third kappa shape index (κ3) is 4.38. The average molecular weight is 505 g/mol. The smallest absolute Gasteiger partial charge is 0.352 e. The lowest BCUT2D eigenvalue weighted by Crippen LogP contribution is -2.71. The number of nitrogens with one attached hydrogen (secondary N) is 1. The number of nitrogens with zero attached hydrogens (tertiary/aromatic N) is 6. The molecule has 4 rings (SSSR count). The van der Waals surface area contributed by atoms with Crippen LogP contribution in [0.25, 0.3) is 0 Å². The molecule has 0 aliphatic carbocycles. The van der Waals surface area contributed by atoms with E-state index in [-0.39, 0.29) is 23.8 Å². The van der Waals surface area contributed by atoms with Crippen LogP contribution in [0.1, 0.15) is 5.82 Å². The zero-order valence-electron chi connectivity index (χ0n) is 17.8. The number of fused-ring (bicyclic) bond motifs is 1. The molecule has 2 aliphatic rings. The summed E-state index contributed by atoms with van der Waals surface area (Å²) < 4.78 is 7.66. The van der Waals surface area contributed by atoms with Gasteiger partial charge in [-0.15, -0.1) is 28.0 Å². The molecule has 1 fully saturated rings. The van der Waals surface area contributed by atoms with E-state index < -0.39 is 40.1 Å². The van der Waals surface area contributed by atoms with Crippen LogP contribution in [-0.2, 0) is 32.8 Å². The summed E-state index contributed by atoms with van der Waals surface area (Å²) in [6.45, 7) is 0.124. The van der Waals surface area contributed by atoms with Crippen molar-refractivity contribution in [3.63, 3.8) is 0 Å². The summed E-state index contributed by atoms with van der Waals surface area (Å²) in [6.07, 6.45) is 8.78. The second-order valence-corrected chi connectivity index (χ2v) is 9.39. The van der Waals surface area contributed by atoms with Crippen molar-refractivity contribution in [1.82, 2.24) is 24.3 Å². The summed E-state index contributed by atoms with van der Waals surface area (Å²) in [4.78, 5) is 47.9. The molecule has 13 nitrogen and oxygen atoms in total. The van der Waals surface area contributed by atoms with Gasteiger partial charge in [0.25, 0.3) is 17.3 Å². The number of aliphatic carboxylic acids is 1. The van der Waals surface area contributed by atoms with E-state index in [1.54, 1.807) is 0 Å². The van der Waals surface area contributed by atoms with Crippen LogP contribution in [0.2, 0.25) is 0 Å². The van der Waals surface area contributed by atoms with Gasteiger partial charge in [-0.2, -0.15) is 9.67 Å². The predicted octanol–water partition coefficient (Wildman–Crippen LogP) is -1.64. The Kier molecular flexibility index (Phi) is 6.63. The monoisotopic (exact) mass is 504 g/mol. The summed E-state index contributed by atoms with van der Waals surface area (Å²) in [6, 6.07) is 0.870. The van der Waals surface area contributed by atoms with Crippen molar-refractivity contribution in [3.05, 3.63) is 41.1 Å². The van der Waals surface area contributed by atoms with Crippen LogP contribution >= 0.6 is 22.6 Å². The number of hydrogen-bond donors (Lipinski definition) is 3. The summed E-state index contributed by atoms with van der Waals surface area (Å²) in [5.41, 5.74) is 1.58. The molecule has 4 heterocycles. The maximum absolute atomic E-state index is 12.9. The molecule has 15 heteroatoms.